The van der Waals surface area contributed by atoms with E-state index >= 15 is 0 Å². The van der Waals surface area contributed by atoms with Crippen LogP contribution in [-0.4, -0.2) is 24.6 Å². The number of carbonyl (C=O) groups excluding carboxylic acids is 1. The molecule has 0 spiro atoms. The van der Waals surface area contributed by atoms with Crippen LogP contribution in [0.15, 0.2) is 65.7 Å². The van der Waals surface area contributed by atoms with E-state index in [2.05, 4.69) is 21.5 Å². The van der Waals surface area contributed by atoms with Crippen molar-refractivity contribution in [3.05, 3.63) is 101 Å². The van der Waals surface area contributed by atoms with E-state index in [4.69, 9.17) is 9.73 Å². The Labute approximate surface area is 267 Å². The van der Waals surface area contributed by atoms with Crippen LogP contribution >= 0.6 is 0 Å². The number of carbonyl (C=O) groups is 1. The molecule has 0 radical (unpaired) electrons. The van der Waals surface area contributed by atoms with Crippen molar-refractivity contribution < 1.29 is 27.1 Å². The molecule has 1 amide bonds. The molecule has 1 saturated carbocycles. The molecule has 4 N–H and O–H groups in total. The summed E-state index contributed by atoms with van der Waals surface area (Å²) in [6.45, 7) is 0.154. The zero-order valence-electron chi connectivity index (χ0n) is 26.0. The third-order valence-electron chi connectivity index (χ3n) is 8.94. The molecule has 3 aromatic carbocycles. The van der Waals surface area contributed by atoms with Gasteiger partial charge in [-0.1, -0.05) is 69.2 Å². The lowest BCUT2D eigenvalue weighted by molar-refractivity contribution is 0.0971. The van der Waals surface area contributed by atoms with Gasteiger partial charge < -0.3 is 10.1 Å². The van der Waals surface area contributed by atoms with E-state index in [1.165, 1.54) is 31.4 Å². The first-order valence-corrected chi connectivity index (χ1v) is 16.0. The normalized spacial score (nSPS) is 21.5. The summed E-state index contributed by atoms with van der Waals surface area (Å²) >= 11 is 0. The highest BCUT2D eigenvalue weighted by atomic mass is 19.2. The van der Waals surface area contributed by atoms with Gasteiger partial charge >= 0.3 is 0 Å². The summed E-state index contributed by atoms with van der Waals surface area (Å²) in [5.74, 6) is -4.90. The van der Waals surface area contributed by atoms with E-state index in [0.717, 1.165) is 49.7 Å². The van der Waals surface area contributed by atoms with Crippen molar-refractivity contribution in [2.24, 2.45) is 10.9 Å². The van der Waals surface area contributed by atoms with Gasteiger partial charge in [0, 0.05) is 18.0 Å². The van der Waals surface area contributed by atoms with E-state index in [1.807, 2.05) is 24.3 Å². The Morgan fingerprint density at radius 3 is 2.22 bits per heavy atom. The van der Waals surface area contributed by atoms with Gasteiger partial charge in [0.1, 0.15) is 17.2 Å². The average Bonchev–Trinajstić information content (AvgIpc) is 3.49. The molecule has 2 aliphatic rings. The van der Waals surface area contributed by atoms with Gasteiger partial charge in [-0.05, 0) is 66.3 Å². The predicted molar refractivity (Wildman–Crippen MR) is 169 cm³/mol. The van der Waals surface area contributed by atoms with Gasteiger partial charge in [-0.2, -0.15) is 0 Å². The molecule has 46 heavy (non-hydrogen) atoms. The molecule has 3 aromatic rings. The number of benzene rings is 3. The number of hydrogen-bond donors (Lipinski definition) is 4. The van der Waals surface area contributed by atoms with Crippen molar-refractivity contribution in [3.8, 4) is 5.75 Å². The van der Waals surface area contributed by atoms with Crippen molar-refractivity contribution in [3.63, 3.8) is 0 Å². The third-order valence-corrected chi connectivity index (χ3v) is 8.94. The van der Waals surface area contributed by atoms with Crippen molar-refractivity contribution in [2.45, 2.75) is 82.5 Å². The quantitative estimate of drug-likeness (QED) is 0.0951. The number of rotatable bonds is 7. The maximum Gasteiger partial charge on any atom is 0.258 e. The number of ether oxygens (including phenoxy) is 1. The number of halogens is 4. The second kappa shape index (κ2) is 15.6. The first-order valence-electron chi connectivity index (χ1n) is 16.0. The van der Waals surface area contributed by atoms with E-state index in [-0.39, 0.29) is 35.8 Å². The smallest absolute Gasteiger partial charge is 0.258 e. The Bertz CT molecular complexity index is 1490. The third kappa shape index (κ3) is 8.44. The van der Waals surface area contributed by atoms with Crippen LogP contribution in [0.1, 0.15) is 91.7 Å². The molecule has 246 valence electrons. The number of nitrogens with one attached hydrogen (secondary N) is 4. The summed E-state index contributed by atoms with van der Waals surface area (Å²) in [7, 11) is 1.57. The number of amides is 1. The summed E-state index contributed by atoms with van der Waals surface area (Å²) < 4.78 is 61.0. The molecule has 5 rings (SSSR count). The van der Waals surface area contributed by atoms with Crippen LogP contribution in [0.25, 0.3) is 0 Å². The largest absolute Gasteiger partial charge is 0.497 e. The predicted octanol–water partition coefficient (Wildman–Crippen LogP) is 7.20. The van der Waals surface area contributed by atoms with E-state index < -0.39 is 29.0 Å². The number of hydrazine groups is 1. The monoisotopic (exact) mass is 639 g/mol. The Morgan fingerprint density at radius 1 is 0.913 bits per heavy atom. The van der Waals surface area contributed by atoms with Crippen LogP contribution in [0, 0.1) is 29.2 Å². The SMILES string of the molecule is COc1cccc(CN=C(NC(=O)c2cc(F)c(F)c(F)c2)NC2(C3CCCCCCCCC3)CC(c3ccc(F)cc3)NN2)c1. The minimum Gasteiger partial charge on any atom is -0.497 e. The molecule has 1 aliphatic heterocycles. The highest BCUT2D eigenvalue weighted by molar-refractivity contribution is 6.05. The fraction of sp³-hybridized carbons (Fsp3) is 0.429. The van der Waals surface area contributed by atoms with Crippen LogP contribution < -0.4 is 26.2 Å². The molecular weight excluding hydrogens is 598 g/mol. The van der Waals surface area contributed by atoms with Crippen molar-refractivity contribution in [1.82, 2.24) is 21.5 Å². The molecule has 7 nitrogen and oxygen atoms in total. The Morgan fingerprint density at radius 2 is 1.57 bits per heavy atom. The fourth-order valence-electron chi connectivity index (χ4n) is 6.42. The zero-order chi connectivity index (χ0) is 32.5. The Balaban J connectivity index is 1.49. The van der Waals surface area contributed by atoms with Gasteiger partial charge in [0.05, 0.1) is 13.7 Å². The van der Waals surface area contributed by atoms with Crippen molar-refractivity contribution in [2.75, 3.05) is 7.11 Å². The molecule has 2 atom stereocenters. The molecule has 0 aromatic heterocycles. The topological polar surface area (TPSA) is 86.8 Å². The van der Waals surface area contributed by atoms with Crippen LogP contribution in [0.5, 0.6) is 5.75 Å². The highest BCUT2D eigenvalue weighted by Crippen LogP contribution is 2.38. The maximum atomic E-state index is 14.1. The summed E-state index contributed by atoms with van der Waals surface area (Å²) in [4.78, 5) is 18.1. The van der Waals surface area contributed by atoms with E-state index in [9.17, 15) is 22.4 Å². The molecular formula is C35H41F4N5O2. The fourth-order valence-corrected chi connectivity index (χ4v) is 6.42. The molecule has 1 saturated heterocycles. The molecule has 1 aliphatic carbocycles. The molecule has 1 heterocycles. The lowest BCUT2D eigenvalue weighted by Gasteiger charge is -2.40. The summed E-state index contributed by atoms with van der Waals surface area (Å²) in [6.07, 6.45) is 10.3. The van der Waals surface area contributed by atoms with E-state index in [0.29, 0.717) is 24.3 Å². The molecule has 0 bridgehead atoms. The number of nitrogens with zero attached hydrogens (tertiary/aromatic N) is 1. The van der Waals surface area contributed by atoms with Crippen LogP contribution in [-0.2, 0) is 6.54 Å². The standard InChI is InChI=1S/C35H41F4N5O2/c1-46-28-13-9-10-23(18-28)22-40-34(41-33(45)25-19-29(37)32(39)30(38)20-25)42-35(26-11-7-5-3-2-4-6-8-12-26)21-31(43-44-35)24-14-16-27(36)17-15-24/h9-10,13-20,26,31,43-44H,2-8,11-12,21-22H2,1H3,(H2,40,41,42,45). The second-order valence-corrected chi connectivity index (χ2v) is 12.1. The Kier molecular flexibility index (Phi) is 11.3. The van der Waals surface area contributed by atoms with Crippen LogP contribution in [0.4, 0.5) is 17.6 Å². The van der Waals surface area contributed by atoms with Gasteiger partial charge in [-0.15, -0.1) is 0 Å². The average molecular weight is 640 g/mol. The lowest BCUT2D eigenvalue weighted by atomic mass is 9.79. The highest BCUT2D eigenvalue weighted by Gasteiger charge is 2.46. The first kappa shape index (κ1) is 33.4. The minimum atomic E-state index is -1.65. The number of hydrogen-bond acceptors (Lipinski definition) is 5. The lowest BCUT2D eigenvalue weighted by Crippen LogP contribution is -2.64. The van der Waals surface area contributed by atoms with Gasteiger partial charge in [0.15, 0.2) is 23.4 Å². The Hall–Kier alpha value is -3.96. The first-order chi connectivity index (χ1) is 22.3. The van der Waals surface area contributed by atoms with Gasteiger partial charge in [-0.3, -0.25) is 10.1 Å². The summed E-state index contributed by atoms with van der Waals surface area (Å²) in [5, 5.41) is 6.22. The number of aliphatic imine (C=N–C) groups is 1. The van der Waals surface area contributed by atoms with E-state index in [1.54, 1.807) is 19.2 Å². The molecule has 11 heteroatoms. The number of guanidine groups is 1. The van der Waals surface area contributed by atoms with Gasteiger partial charge in [0.25, 0.3) is 5.91 Å². The van der Waals surface area contributed by atoms with Gasteiger partial charge in [0.2, 0.25) is 0 Å². The maximum absolute atomic E-state index is 14.1. The second-order valence-electron chi connectivity index (χ2n) is 12.1. The minimum absolute atomic E-state index is 0.0871. The zero-order valence-corrected chi connectivity index (χ0v) is 26.0. The molecule has 2 unspecified atom stereocenters. The van der Waals surface area contributed by atoms with Gasteiger partial charge in [-0.25, -0.2) is 33.4 Å². The van der Waals surface area contributed by atoms with Crippen molar-refractivity contribution in [1.29, 1.82) is 0 Å². The summed E-state index contributed by atoms with van der Waals surface area (Å²) in [5.41, 5.74) is 7.40. The molecule has 2 fully saturated rings. The van der Waals surface area contributed by atoms with Crippen LogP contribution in [0.3, 0.4) is 0 Å². The summed E-state index contributed by atoms with van der Waals surface area (Å²) in [6, 6.07) is 14.8. The number of methoxy groups -OCH3 is 1. The van der Waals surface area contributed by atoms with Crippen molar-refractivity contribution >= 4 is 11.9 Å². The van der Waals surface area contributed by atoms with Crippen LogP contribution in [0.2, 0.25) is 0 Å².